The Kier molecular flexibility index (Phi) is 3.05. The molecule has 3 rings (SSSR count). The maximum atomic E-state index is 10.8. The highest BCUT2D eigenvalue weighted by Gasteiger charge is 2.77. The molecule has 5 atom stereocenters. The van der Waals surface area contributed by atoms with Crippen molar-refractivity contribution in [3.63, 3.8) is 0 Å². The minimum Gasteiger partial charge on any atom is -0.408 e. The van der Waals surface area contributed by atoms with Crippen molar-refractivity contribution in [3.05, 3.63) is 0 Å². The molecule has 0 aromatic carbocycles. The van der Waals surface area contributed by atoms with E-state index in [1.807, 2.05) is 0 Å². The van der Waals surface area contributed by atoms with E-state index in [-0.39, 0.29) is 23.0 Å². The van der Waals surface area contributed by atoms with Crippen molar-refractivity contribution in [1.29, 1.82) is 0 Å². The zero-order valence-corrected chi connectivity index (χ0v) is 14.5. The van der Waals surface area contributed by atoms with E-state index in [0.717, 1.165) is 12.8 Å². The molecule has 0 bridgehead atoms. The Bertz CT molecular complexity index is 419. The quantitative estimate of drug-likeness (QED) is 0.814. The zero-order valence-electron chi connectivity index (χ0n) is 13.5. The van der Waals surface area contributed by atoms with Gasteiger partial charge in [-0.2, -0.15) is 0 Å². The molecular formula is C15H28O4Si. The molecule has 0 aromatic heterocycles. The lowest BCUT2D eigenvalue weighted by Gasteiger charge is -2.41. The molecule has 0 spiro atoms. The molecule has 1 heterocycles. The lowest BCUT2D eigenvalue weighted by atomic mass is 9.93. The number of ether oxygens (including phenoxy) is 2. The first-order chi connectivity index (χ1) is 9.04. The second-order valence-corrected chi connectivity index (χ2v) is 13.1. The standard InChI is InChI=1S/C15H28O4Si/c1-13(2,3)20(5,6)19-15-8-10(15)7-14(16)9-11(17-4)18-12(14)15/h10-12,16H,7-9H2,1-6H3/t10?,11-,12-,14-,15?/m0/s1. The predicted molar refractivity (Wildman–Crippen MR) is 79.0 cm³/mol. The lowest BCUT2D eigenvalue weighted by Crippen LogP contribution is -2.51. The fourth-order valence-corrected chi connectivity index (χ4v) is 5.36. The minimum atomic E-state index is -1.86. The van der Waals surface area contributed by atoms with Crippen molar-refractivity contribution >= 4 is 8.32 Å². The van der Waals surface area contributed by atoms with Gasteiger partial charge in [0.25, 0.3) is 0 Å². The molecule has 3 fully saturated rings. The molecule has 20 heavy (non-hydrogen) atoms. The minimum absolute atomic E-state index is 0.175. The summed E-state index contributed by atoms with van der Waals surface area (Å²) in [5, 5.41) is 11.0. The van der Waals surface area contributed by atoms with Crippen molar-refractivity contribution in [3.8, 4) is 0 Å². The normalized spacial score (nSPS) is 47.2. The third-order valence-corrected chi connectivity index (χ3v) is 10.5. The van der Waals surface area contributed by atoms with Crippen LogP contribution in [0.15, 0.2) is 0 Å². The molecule has 3 aliphatic rings. The van der Waals surface area contributed by atoms with E-state index >= 15 is 0 Å². The summed E-state index contributed by atoms with van der Waals surface area (Å²) in [6.45, 7) is 11.3. The van der Waals surface area contributed by atoms with Crippen LogP contribution in [0.5, 0.6) is 0 Å². The van der Waals surface area contributed by atoms with Crippen LogP contribution >= 0.6 is 0 Å². The summed E-state index contributed by atoms with van der Waals surface area (Å²) >= 11 is 0. The first-order valence-electron chi connectivity index (χ1n) is 7.65. The Hall–Kier alpha value is 0.0569. The Morgan fingerprint density at radius 1 is 1.20 bits per heavy atom. The molecule has 4 nitrogen and oxygen atoms in total. The molecule has 0 radical (unpaired) electrons. The summed E-state index contributed by atoms with van der Waals surface area (Å²) in [5.74, 6) is 0.462. The molecule has 0 aromatic rings. The van der Waals surface area contributed by atoms with Gasteiger partial charge in [0.1, 0.15) is 6.10 Å². The predicted octanol–water partition coefficient (Wildman–Crippen LogP) is 2.66. The summed E-state index contributed by atoms with van der Waals surface area (Å²) in [6, 6.07) is 0. The molecule has 0 amide bonds. The summed E-state index contributed by atoms with van der Waals surface area (Å²) in [7, 11) is -0.218. The maximum Gasteiger partial charge on any atom is 0.192 e. The van der Waals surface area contributed by atoms with Gasteiger partial charge < -0.3 is 19.0 Å². The summed E-state index contributed by atoms with van der Waals surface area (Å²) < 4.78 is 18.0. The number of aliphatic hydroxyl groups is 1. The molecule has 2 saturated carbocycles. The number of rotatable bonds is 3. The molecule has 2 aliphatic carbocycles. The van der Waals surface area contributed by atoms with Crippen LogP contribution in [0, 0.1) is 5.92 Å². The number of hydrogen-bond donors (Lipinski definition) is 1. The van der Waals surface area contributed by atoms with Crippen molar-refractivity contribution in [1.82, 2.24) is 0 Å². The van der Waals surface area contributed by atoms with E-state index in [9.17, 15) is 5.11 Å². The van der Waals surface area contributed by atoms with Crippen LogP contribution in [0.4, 0.5) is 0 Å². The highest BCUT2D eigenvalue weighted by Crippen LogP contribution is 2.67. The van der Waals surface area contributed by atoms with Gasteiger partial charge in [-0.1, -0.05) is 20.8 Å². The second kappa shape index (κ2) is 4.07. The van der Waals surface area contributed by atoms with Gasteiger partial charge in [-0.3, -0.25) is 0 Å². The fourth-order valence-electron chi connectivity index (χ4n) is 3.75. The van der Waals surface area contributed by atoms with E-state index in [1.54, 1.807) is 7.11 Å². The highest BCUT2D eigenvalue weighted by atomic mass is 28.4. The number of hydrogen-bond acceptors (Lipinski definition) is 4. The van der Waals surface area contributed by atoms with Gasteiger partial charge >= 0.3 is 0 Å². The number of fused-ring (bicyclic) bond motifs is 3. The van der Waals surface area contributed by atoms with Crippen LogP contribution in [0.1, 0.15) is 40.0 Å². The smallest absolute Gasteiger partial charge is 0.192 e. The average molecular weight is 300 g/mol. The van der Waals surface area contributed by atoms with E-state index < -0.39 is 13.9 Å². The Morgan fingerprint density at radius 3 is 2.40 bits per heavy atom. The first kappa shape index (κ1) is 15.0. The van der Waals surface area contributed by atoms with E-state index in [0.29, 0.717) is 12.3 Å². The molecule has 5 heteroatoms. The van der Waals surface area contributed by atoms with E-state index in [4.69, 9.17) is 13.9 Å². The molecule has 1 saturated heterocycles. The van der Waals surface area contributed by atoms with Crippen molar-refractivity contribution in [2.75, 3.05) is 7.11 Å². The van der Waals surface area contributed by atoms with Crippen LogP contribution in [-0.2, 0) is 13.9 Å². The Morgan fingerprint density at radius 2 is 1.85 bits per heavy atom. The Balaban J connectivity index is 1.82. The van der Waals surface area contributed by atoms with Crippen molar-refractivity contribution in [2.45, 2.75) is 81.8 Å². The lowest BCUT2D eigenvalue weighted by molar-refractivity contribution is -0.151. The molecule has 1 N–H and O–H groups in total. The molecular weight excluding hydrogens is 272 g/mol. The van der Waals surface area contributed by atoms with E-state index in [2.05, 4.69) is 33.9 Å². The van der Waals surface area contributed by atoms with Crippen LogP contribution < -0.4 is 0 Å². The summed E-state index contributed by atoms with van der Waals surface area (Å²) in [4.78, 5) is 0. The maximum absolute atomic E-state index is 10.8. The largest absolute Gasteiger partial charge is 0.408 e. The molecule has 2 unspecified atom stereocenters. The zero-order chi connectivity index (χ0) is 15.0. The average Bonchev–Trinajstić information content (AvgIpc) is 2.73. The van der Waals surface area contributed by atoms with Gasteiger partial charge in [0, 0.05) is 13.5 Å². The number of methoxy groups -OCH3 is 1. The van der Waals surface area contributed by atoms with Crippen molar-refractivity contribution in [2.24, 2.45) is 5.92 Å². The van der Waals surface area contributed by atoms with Crippen LogP contribution in [-0.4, -0.2) is 44.1 Å². The van der Waals surface area contributed by atoms with Gasteiger partial charge in [-0.05, 0) is 36.9 Å². The third kappa shape index (κ3) is 1.94. The van der Waals surface area contributed by atoms with Gasteiger partial charge in [0.2, 0.25) is 0 Å². The summed E-state index contributed by atoms with van der Waals surface area (Å²) in [6.07, 6.45) is 1.91. The second-order valence-electron chi connectivity index (χ2n) is 8.41. The molecule has 116 valence electrons. The van der Waals surface area contributed by atoms with Gasteiger partial charge in [-0.25, -0.2) is 0 Å². The van der Waals surface area contributed by atoms with Crippen molar-refractivity contribution < 1.29 is 19.0 Å². The van der Waals surface area contributed by atoms with Crippen LogP contribution in [0.3, 0.4) is 0 Å². The molecule has 1 aliphatic heterocycles. The van der Waals surface area contributed by atoms with Gasteiger partial charge in [-0.15, -0.1) is 0 Å². The topological polar surface area (TPSA) is 47.9 Å². The highest BCUT2D eigenvalue weighted by molar-refractivity contribution is 6.74. The first-order valence-corrected chi connectivity index (χ1v) is 10.6. The van der Waals surface area contributed by atoms with Gasteiger partial charge in [0.05, 0.1) is 11.2 Å². The SMILES string of the molecule is CO[C@@H]1C[C@@]2(O)CC3CC3(O[Si](C)(C)C(C)(C)C)[C@H]2O1. The monoisotopic (exact) mass is 300 g/mol. The van der Waals surface area contributed by atoms with Crippen LogP contribution in [0.2, 0.25) is 18.1 Å². The van der Waals surface area contributed by atoms with E-state index in [1.165, 1.54) is 0 Å². The Labute approximate surface area is 122 Å². The van der Waals surface area contributed by atoms with Gasteiger partial charge in [0.15, 0.2) is 14.6 Å². The summed E-state index contributed by atoms with van der Waals surface area (Å²) in [5.41, 5.74) is -0.989. The fraction of sp³-hybridized carbons (Fsp3) is 1.00. The van der Waals surface area contributed by atoms with Crippen LogP contribution in [0.25, 0.3) is 0 Å². The third-order valence-electron chi connectivity index (χ3n) is 5.95.